The van der Waals surface area contributed by atoms with Gasteiger partial charge in [-0.3, -0.25) is 9.78 Å². The highest BCUT2D eigenvalue weighted by atomic mass is 35.5. The van der Waals surface area contributed by atoms with Gasteiger partial charge in [0.2, 0.25) is 0 Å². The third kappa shape index (κ3) is 3.76. The fourth-order valence-electron chi connectivity index (χ4n) is 1.67. The Bertz CT molecular complexity index is 542. The van der Waals surface area contributed by atoms with Crippen molar-refractivity contribution in [2.75, 3.05) is 13.6 Å². The van der Waals surface area contributed by atoms with Crippen LogP contribution in [-0.2, 0) is 6.42 Å². The van der Waals surface area contributed by atoms with Crippen molar-refractivity contribution in [3.8, 4) is 0 Å². The van der Waals surface area contributed by atoms with Gasteiger partial charge in [-0.2, -0.15) is 0 Å². The molecule has 2 aromatic rings. The number of halogens is 1. The second-order valence-corrected chi connectivity index (χ2v) is 4.59. The first-order valence-electron chi connectivity index (χ1n) is 5.93. The number of pyridine rings is 2. The van der Waals surface area contributed by atoms with Crippen LogP contribution < -0.4 is 0 Å². The van der Waals surface area contributed by atoms with Gasteiger partial charge in [0.05, 0.1) is 5.56 Å². The van der Waals surface area contributed by atoms with Crippen molar-refractivity contribution in [2.45, 2.75) is 6.42 Å². The minimum atomic E-state index is -0.0572. The van der Waals surface area contributed by atoms with E-state index in [1.165, 1.54) is 6.20 Å². The third-order valence-corrected chi connectivity index (χ3v) is 3.03. The van der Waals surface area contributed by atoms with E-state index in [2.05, 4.69) is 9.97 Å². The molecule has 0 fully saturated rings. The van der Waals surface area contributed by atoms with Gasteiger partial charge in [0, 0.05) is 32.2 Å². The van der Waals surface area contributed by atoms with Crippen molar-refractivity contribution in [3.63, 3.8) is 0 Å². The predicted octanol–water partition coefficient (Wildman–Crippen LogP) is 2.44. The molecule has 0 spiro atoms. The highest BCUT2D eigenvalue weighted by Crippen LogP contribution is 2.08. The molecule has 2 heterocycles. The summed E-state index contributed by atoms with van der Waals surface area (Å²) in [6.07, 6.45) is 5.79. The van der Waals surface area contributed by atoms with Crippen LogP contribution in [0, 0.1) is 0 Å². The first-order chi connectivity index (χ1) is 9.16. The number of likely N-dealkylation sites (N-methyl/N-ethyl adjacent to an activating group) is 1. The van der Waals surface area contributed by atoms with Crippen LogP contribution >= 0.6 is 11.6 Å². The number of hydrogen-bond donors (Lipinski definition) is 0. The summed E-state index contributed by atoms with van der Waals surface area (Å²) in [5.74, 6) is -0.0572. The molecule has 0 saturated heterocycles. The Morgan fingerprint density at radius 2 is 2.00 bits per heavy atom. The van der Waals surface area contributed by atoms with E-state index in [-0.39, 0.29) is 5.91 Å². The Labute approximate surface area is 117 Å². The fourth-order valence-corrected chi connectivity index (χ4v) is 1.78. The number of amides is 1. The van der Waals surface area contributed by atoms with Crippen LogP contribution in [0.5, 0.6) is 0 Å². The number of aromatic nitrogens is 2. The molecule has 0 atom stereocenters. The molecule has 4 nitrogen and oxygen atoms in total. The molecular weight excluding hydrogens is 262 g/mol. The van der Waals surface area contributed by atoms with Crippen LogP contribution in [-0.4, -0.2) is 34.4 Å². The zero-order valence-electron chi connectivity index (χ0n) is 10.6. The summed E-state index contributed by atoms with van der Waals surface area (Å²) < 4.78 is 0. The Balaban J connectivity index is 1.94. The summed E-state index contributed by atoms with van der Waals surface area (Å²) in [7, 11) is 1.78. The summed E-state index contributed by atoms with van der Waals surface area (Å²) in [5.41, 5.74) is 1.70. The summed E-state index contributed by atoms with van der Waals surface area (Å²) in [4.78, 5) is 21.7. The van der Waals surface area contributed by atoms with E-state index in [1.807, 2.05) is 12.1 Å². The van der Waals surface area contributed by atoms with Crippen molar-refractivity contribution < 1.29 is 4.79 Å². The first kappa shape index (κ1) is 13.5. The highest BCUT2D eigenvalue weighted by Gasteiger charge is 2.11. The Morgan fingerprint density at radius 1 is 1.26 bits per heavy atom. The van der Waals surface area contributed by atoms with Gasteiger partial charge in [0.25, 0.3) is 5.91 Å². The molecule has 0 N–H and O–H groups in total. The van der Waals surface area contributed by atoms with Gasteiger partial charge in [0.15, 0.2) is 0 Å². The molecule has 2 aromatic heterocycles. The summed E-state index contributed by atoms with van der Waals surface area (Å²) in [5, 5.41) is 0.385. The second kappa shape index (κ2) is 6.29. The maximum atomic E-state index is 12.1. The van der Waals surface area contributed by atoms with Gasteiger partial charge >= 0.3 is 0 Å². The van der Waals surface area contributed by atoms with Crippen molar-refractivity contribution >= 4 is 17.5 Å². The predicted molar refractivity (Wildman–Crippen MR) is 74.1 cm³/mol. The second-order valence-electron chi connectivity index (χ2n) is 4.20. The number of carbonyl (C=O) groups is 1. The quantitative estimate of drug-likeness (QED) is 0.805. The minimum Gasteiger partial charge on any atom is -0.341 e. The molecular formula is C14H14ClN3O. The lowest BCUT2D eigenvalue weighted by molar-refractivity contribution is 0.0796. The average molecular weight is 276 g/mol. The first-order valence-corrected chi connectivity index (χ1v) is 6.30. The summed E-state index contributed by atoms with van der Waals surface area (Å²) in [6, 6.07) is 7.19. The van der Waals surface area contributed by atoms with E-state index >= 15 is 0 Å². The largest absolute Gasteiger partial charge is 0.341 e. The minimum absolute atomic E-state index is 0.0572. The maximum Gasteiger partial charge on any atom is 0.255 e. The van der Waals surface area contributed by atoms with Crippen molar-refractivity contribution in [3.05, 3.63) is 59.1 Å². The zero-order valence-corrected chi connectivity index (χ0v) is 11.3. The van der Waals surface area contributed by atoms with Gasteiger partial charge in [-0.05, 0) is 36.2 Å². The van der Waals surface area contributed by atoms with Crippen molar-refractivity contribution in [2.24, 2.45) is 0 Å². The molecule has 0 aliphatic carbocycles. The van der Waals surface area contributed by atoms with E-state index in [0.717, 1.165) is 12.0 Å². The monoisotopic (exact) mass is 275 g/mol. The number of hydrogen-bond acceptors (Lipinski definition) is 3. The lowest BCUT2D eigenvalue weighted by atomic mass is 10.2. The molecule has 2 rings (SSSR count). The Kier molecular flexibility index (Phi) is 4.47. The smallest absolute Gasteiger partial charge is 0.255 e. The fraction of sp³-hybridized carbons (Fsp3) is 0.214. The molecule has 0 saturated carbocycles. The van der Waals surface area contributed by atoms with Gasteiger partial charge in [-0.25, -0.2) is 4.98 Å². The lowest BCUT2D eigenvalue weighted by Gasteiger charge is -2.17. The molecule has 0 aromatic carbocycles. The molecule has 0 aliphatic rings. The Hall–Kier alpha value is -1.94. The van der Waals surface area contributed by atoms with Crippen LogP contribution in [0.1, 0.15) is 15.9 Å². The van der Waals surface area contributed by atoms with Crippen LogP contribution in [0.4, 0.5) is 0 Å². The van der Waals surface area contributed by atoms with Crippen molar-refractivity contribution in [1.29, 1.82) is 0 Å². The highest BCUT2D eigenvalue weighted by molar-refractivity contribution is 6.29. The van der Waals surface area contributed by atoms with Gasteiger partial charge in [-0.15, -0.1) is 0 Å². The summed E-state index contributed by atoms with van der Waals surface area (Å²) in [6.45, 7) is 0.644. The Morgan fingerprint density at radius 3 is 2.63 bits per heavy atom. The maximum absolute atomic E-state index is 12.1. The molecule has 5 heteroatoms. The zero-order chi connectivity index (χ0) is 13.7. The molecule has 1 amide bonds. The molecule has 0 radical (unpaired) electrons. The molecule has 19 heavy (non-hydrogen) atoms. The van der Waals surface area contributed by atoms with Gasteiger partial charge < -0.3 is 4.90 Å². The molecule has 0 aliphatic heterocycles. The van der Waals surface area contributed by atoms with Crippen molar-refractivity contribution in [1.82, 2.24) is 14.9 Å². The standard InChI is InChI=1S/C14H14ClN3O/c1-18(9-6-11-4-7-16-8-5-11)14(19)12-2-3-13(15)17-10-12/h2-5,7-8,10H,6,9H2,1H3. The number of rotatable bonds is 4. The topological polar surface area (TPSA) is 46.1 Å². The van der Waals surface area contributed by atoms with Crippen LogP contribution in [0.2, 0.25) is 5.15 Å². The number of carbonyl (C=O) groups excluding carboxylic acids is 1. The average Bonchev–Trinajstić information content (AvgIpc) is 2.46. The van der Waals surface area contributed by atoms with E-state index in [1.54, 1.807) is 36.5 Å². The van der Waals surface area contributed by atoms with Gasteiger partial charge in [0.1, 0.15) is 5.15 Å². The summed E-state index contributed by atoms with van der Waals surface area (Å²) >= 11 is 5.70. The van der Waals surface area contributed by atoms with Crippen LogP contribution in [0.15, 0.2) is 42.9 Å². The SMILES string of the molecule is CN(CCc1ccncc1)C(=O)c1ccc(Cl)nc1. The van der Waals surface area contributed by atoms with E-state index in [9.17, 15) is 4.79 Å². The van der Waals surface area contributed by atoms with Gasteiger partial charge in [-0.1, -0.05) is 11.6 Å². The van der Waals surface area contributed by atoms with Crippen LogP contribution in [0.3, 0.4) is 0 Å². The molecule has 98 valence electrons. The lowest BCUT2D eigenvalue weighted by Crippen LogP contribution is -2.28. The number of nitrogens with zero attached hydrogens (tertiary/aromatic N) is 3. The van der Waals surface area contributed by atoms with E-state index in [4.69, 9.17) is 11.6 Å². The normalized spacial score (nSPS) is 10.2. The van der Waals surface area contributed by atoms with E-state index in [0.29, 0.717) is 17.3 Å². The molecule has 0 unspecified atom stereocenters. The van der Waals surface area contributed by atoms with E-state index < -0.39 is 0 Å². The third-order valence-electron chi connectivity index (χ3n) is 2.81. The molecule has 0 bridgehead atoms. The van der Waals surface area contributed by atoms with Crippen LogP contribution in [0.25, 0.3) is 0 Å².